The molecule has 3 atom stereocenters. The summed E-state index contributed by atoms with van der Waals surface area (Å²) in [5.74, 6) is 3.08. The Hall–Kier alpha value is -0.340. The molecular formula is C14H21NS. The first kappa shape index (κ1) is 10.8. The average molecular weight is 235 g/mol. The van der Waals surface area contributed by atoms with Crippen molar-refractivity contribution >= 4 is 11.3 Å². The van der Waals surface area contributed by atoms with E-state index in [0.717, 1.165) is 17.8 Å². The summed E-state index contributed by atoms with van der Waals surface area (Å²) in [6.07, 6.45) is 5.64. The minimum atomic E-state index is 0.623. The second-order valence-electron chi connectivity index (χ2n) is 5.41. The third-order valence-electron chi connectivity index (χ3n) is 4.40. The van der Waals surface area contributed by atoms with Crippen molar-refractivity contribution in [2.45, 2.75) is 38.6 Å². The third kappa shape index (κ3) is 1.82. The highest BCUT2D eigenvalue weighted by atomic mass is 32.1. The zero-order chi connectivity index (χ0) is 11.1. The van der Waals surface area contributed by atoms with Gasteiger partial charge in [-0.05, 0) is 62.6 Å². The number of nitrogens with one attached hydrogen (secondary N) is 1. The second kappa shape index (κ2) is 4.15. The monoisotopic (exact) mass is 235 g/mol. The van der Waals surface area contributed by atoms with Gasteiger partial charge in [0.1, 0.15) is 0 Å². The van der Waals surface area contributed by atoms with Gasteiger partial charge in [0.25, 0.3) is 0 Å². The van der Waals surface area contributed by atoms with Crippen molar-refractivity contribution in [3.63, 3.8) is 0 Å². The molecular weight excluding hydrogens is 214 g/mol. The molecule has 0 aromatic carbocycles. The highest BCUT2D eigenvalue weighted by molar-refractivity contribution is 7.12. The lowest BCUT2D eigenvalue weighted by Crippen LogP contribution is -2.23. The summed E-state index contributed by atoms with van der Waals surface area (Å²) in [6, 6.07) is 5.27. The number of hydrogen-bond acceptors (Lipinski definition) is 2. The molecule has 16 heavy (non-hydrogen) atoms. The van der Waals surface area contributed by atoms with Crippen LogP contribution in [0.15, 0.2) is 12.1 Å². The summed E-state index contributed by atoms with van der Waals surface area (Å²) in [5.41, 5.74) is 0. The lowest BCUT2D eigenvalue weighted by atomic mass is 9.93. The van der Waals surface area contributed by atoms with Crippen LogP contribution in [0.3, 0.4) is 0 Å². The van der Waals surface area contributed by atoms with E-state index >= 15 is 0 Å². The molecule has 1 heterocycles. The average Bonchev–Trinajstić information content (AvgIpc) is 2.76. The fourth-order valence-corrected chi connectivity index (χ4v) is 4.55. The number of rotatable bonds is 4. The summed E-state index contributed by atoms with van der Waals surface area (Å²) in [4.78, 5) is 3.09. The Morgan fingerprint density at radius 1 is 1.31 bits per heavy atom. The predicted molar refractivity (Wildman–Crippen MR) is 69.8 cm³/mol. The van der Waals surface area contributed by atoms with Gasteiger partial charge in [0.05, 0.1) is 0 Å². The molecule has 3 rings (SSSR count). The van der Waals surface area contributed by atoms with Crippen LogP contribution in [0.4, 0.5) is 0 Å². The highest BCUT2D eigenvalue weighted by Crippen LogP contribution is 2.57. The maximum atomic E-state index is 3.55. The Balaban J connectivity index is 1.74. The molecule has 0 saturated heterocycles. The van der Waals surface area contributed by atoms with Crippen LogP contribution in [0.1, 0.15) is 42.0 Å². The lowest BCUT2D eigenvalue weighted by molar-refractivity contribution is 0.364. The van der Waals surface area contributed by atoms with Crippen molar-refractivity contribution in [2.75, 3.05) is 7.05 Å². The summed E-state index contributed by atoms with van der Waals surface area (Å²) in [5, 5.41) is 3.55. The molecule has 1 aromatic heterocycles. The van der Waals surface area contributed by atoms with Gasteiger partial charge in [-0.3, -0.25) is 0 Å². The first-order valence-electron chi connectivity index (χ1n) is 6.57. The number of fused-ring (bicyclic) bond motifs is 1. The van der Waals surface area contributed by atoms with Gasteiger partial charge in [-0.15, -0.1) is 11.3 Å². The molecule has 2 aliphatic carbocycles. The van der Waals surface area contributed by atoms with Crippen LogP contribution in [0.2, 0.25) is 0 Å². The molecule has 0 radical (unpaired) electrons. The lowest BCUT2D eigenvalue weighted by Gasteiger charge is -2.23. The van der Waals surface area contributed by atoms with E-state index in [1.54, 1.807) is 4.88 Å². The molecule has 88 valence electrons. The van der Waals surface area contributed by atoms with E-state index in [9.17, 15) is 0 Å². The Bertz CT molecular complexity index is 361. The van der Waals surface area contributed by atoms with E-state index in [4.69, 9.17) is 0 Å². The van der Waals surface area contributed by atoms with Gasteiger partial charge >= 0.3 is 0 Å². The molecule has 2 fully saturated rings. The minimum Gasteiger partial charge on any atom is -0.312 e. The standard InChI is InChI=1S/C14H21NS/c1-3-12-4-5-13(16-12)14(15-2)11-7-9-6-10(9)8-11/h4-5,9-11,14-15H,3,6-8H2,1-2H3. The quantitative estimate of drug-likeness (QED) is 0.840. The smallest absolute Gasteiger partial charge is 0.0441 e. The van der Waals surface area contributed by atoms with Crippen LogP contribution < -0.4 is 5.32 Å². The summed E-state index contributed by atoms with van der Waals surface area (Å²) in [7, 11) is 2.12. The first-order chi connectivity index (χ1) is 7.81. The van der Waals surface area contributed by atoms with Crippen molar-refractivity contribution in [3.05, 3.63) is 21.9 Å². The largest absolute Gasteiger partial charge is 0.312 e. The molecule has 2 aliphatic rings. The minimum absolute atomic E-state index is 0.623. The maximum Gasteiger partial charge on any atom is 0.0441 e. The number of hydrogen-bond donors (Lipinski definition) is 1. The molecule has 1 N–H and O–H groups in total. The SMILES string of the molecule is CCc1ccc(C(NC)C2CC3CC3C2)s1. The van der Waals surface area contributed by atoms with E-state index < -0.39 is 0 Å². The number of aryl methyl sites for hydroxylation is 1. The van der Waals surface area contributed by atoms with Gasteiger partial charge in [-0.1, -0.05) is 6.92 Å². The Morgan fingerprint density at radius 2 is 2.06 bits per heavy atom. The van der Waals surface area contributed by atoms with Crippen LogP contribution in [0.5, 0.6) is 0 Å². The van der Waals surface area contributed by atoms with E-state index in [-0.39, 0.29) is 0 Å². The van der Waals surface area contributed by atoms with Crippen molar-refractivity contribution in [1.29, 1.82) is 0 Å². The van der Waals surface area contributed by atoms with Crippen molar-refractivity contribution in [1.82, 2.24) is 5.32 Å². The van der Waals surface area contributed by atoms with Crippen molar-refractivity contribution < 1.29 is 0 Å². The normalized spacial score (nSPS) is 33.8. The molecule has 1 aromatic rings. The number of thiophene rings is 1. The van der Waals surface area contributed by atoms with Crippen molar-refractivity contribution in [2.24, 2.45) is 17.8 Å². The van der Waals surface area contributed by atoms with Gasteiger partial charge in [0.2, 0.25) is 0 Å². The molecule has 0 spiro atoms. The molecule has 2 heteroatoms. The van der Waals surface area contributed by atoms with Gasteiger partial charge < -0.3 is 5.32 Å². The Morgan fingerprint density at radius 3 is 2.62 bits per heavy atom. The summed E-state index contributed by atoms with van der Waals surface area (Å²) >= 11 is 2.01. The maximum absolute atomic E-state index is 3.55. The van der Waals surface area contributed by atoms with Crippen LogP contribution >= 0.6 is 11.3 Å². The molecule has 0 bridgehead atoms. The third-order valence-corrected chi connectivity index (χ3v) is 5.71. The predicted octanol–water partition coefficient (Wildman–Crippen LogP) is 3.62. The molecule has 1 nitrogen and oxygen atoms in total. The van der Waals surface area contributed by atoms with Gasteiger partial charge in [-0.2, -0.15) is 0 Å². The van der Waals surface area contributed by atoms with Gasteiger partial charge in [0.15, 0.2) is 0 Å². The topological polar surface area (TPSA) is 12.0 Å². The summed E-state index contributed by atoms with van der Waals surface area (Å²) in [6.45, 7) is 2.24. The molecule has 3 unspecified atom stereocenters. The fraction of sp³-hybridized carbons (Fsp3) is 0.714. The zero-order valence-electron chi connectivity index (χ0n) is 10.2. The van der Waals surface area contributed by atoms with Crippen molar-refractivity contribution in [3.8, 4) is 0 Å². The van der Waals surface area contributed by atoms with Crippen LogP contribution in [0, 0.1) is 17.8 Å². The van der Waals surface area contributed by atoms with Crippen LogP contribution in [0.25, 0.3) is 0 Å². The zero-order valence-corrected chi connectivity index (χ0v) is 11.0. The highest BCUT2D eigenvalue weighted by Gasteiger charge is 2.47. The molecule has 0 amide bonds. The Kier molecular flexibility index (Phi) is 2.80. The van der Waals surface area contributed by atoms with E-state index in [1.165, 1.54) is 30.6 Å². The van der Waals surface area contributed by atoms with E-state index in [0.29, 0.717) is 6.04 Å². The van der Waals surface area contributed by atoms with E-state index in [1.807, 2.05) is 11.3 Å². The first-order valence-corrected chi connectivity index (χ1v) is 7.39. The Labute approximate surface area is 102 Å². The molecule has 2 saturated carbocycles. The fourth-order valence-electron chi connectivity index (χ4n) is 3.40. The summed E-state index contributed by atoms with van der Waals surface area (Å²) < 4.78 is 0. The van der Waals surface area contributed by atoms with E-state index in [2.05, 4.69) is 31.4 Å². The van der Waals surface area contributed by atoms with Crippen LogP contribution in [-0.4, -0.2) is 7.05 Å². The van der Waals surface area contributed by atoms with Gasteiger partial charge in [0, 0.05) is 15.8 Å². The van der Waals surface area contributed by atoms with Gasteiger partial charge in [-0.25, -0.2) is 0 Å². The van der Waals surface area contributed by atoms with Crippen LogP contribution in [-0.2, 0) is 6.42 Å². The second-order valence-corrected chi connectivity index (χ2v) is 6.61. The molecule has 0 aliphatic heterocycles.